The van der Waals surface area contributed by atoms with Crippen LogP contribution >= 0.6 is 0 Å². The standard InChI is InChI=1S/C12H22N4O/c1-6-16(9(2)8-17-5)12-7-11(13-4)14-10(3)15-12/h7,9H,6,8H2,1-5H3,(H,13,14,15). The van der Waals surface area contributed by atoms with E-state index in [9.17, 15) is 0 Å². The van der Waals surface area contributed by atoms with Gasteiger partial charge in [-0.25, -0.2) is 9.97 Å². The van der Waals surface area contributed by atoms with Crippen molar-refractivity contribution in [2.24, 2.45) is 0 Å². The van der Waals surface area contributed by atoms with Crippen molar-refractivity contribution in [2.75, 3.05) is 37.5 Å². The van der Waals surface area contributed by atoms with Crippen LogP contribution in [0.5, 0.6) is 0 Å². The Labute approximate surface area is 103 Å². The lowest BCUT2D eigenvalue weighted by Crippen LogP contribution is -2.36. The summed E-state index contributed by atoms with van der Waals surface area (Å²) in [4.78, 5) is 11.0. The normalized spacial score (nSPS) is 12.3. The number of hydrogen-bond acceptors (Lipinski definition) is 5. The Kier molecular flexibility index (Phi) is 5.15. The maximum atomic E-state index is 5.19. The molecule has 1 atom stereocenters. The molecule has 0 aliphatic carbocycles. The molecule has 5 nitrogen and oxygen atoms in total. The van der Waals surface area contributed by atoms with Crippen LogP contribution in [-0.4, -0.2) is 43.3 Å². The number of likely N-dealkylation sites (N-methyl/N-ethyl adjacent to an activating group) is 1. The van der Waals surface area contributed by atoms with Gasteiger partial charge in [-0.2, -0.15) is 0 Å². The third-order valence-corrected chi connectivity index (χ3v) is 2.66. The molecule has 17 heavy (non-hydrogen) atoms. The number of aromatic nitrogens is 2. The van der Waals surface area contributed by atoms with Crippen LogP contribution in [0.4, 0.5) is 11.6 Å². The van der Waals surface area contributed by atoms with Crippen molar-refractivity contribution in [3.05, 3.63) is 11.9 Å². The van der Waals surface area contributed by atoms with Crippen LogP contribution in [0.15, 0.2) is 6.07 Å². The molecule has 0 bridgehead atoms. The number of rotatable bonds is 6. The van der Waals surface area contributed by atoms with Crippen molar-refractivity contribution in [1.82, 2.24) is 9.97 Å². The summed E-state index contributed by atoms with van der Waals surface area (Å²) in [6.07, 6.45) is 0. The molecule has 0 fully saturated rings. The Hall–Kier alpha value is -1.36. The average molecular weight is 238 g/mol. The van der Waals surface area contributed by atoms with Crippen molar-refractivity contribution in [1.29, 1.82) is 0 Å². The molecule has 1 aromatic rings. The number of nitrogens with zero attached hydrogens (tertiary/aromatic N) is 3. The first kappa shape index (κ1) is 13.7. The molecule has 96 valence electrons. The second-order valence-electron chi connectivity index (χ2n) is 4.00. The van der Waals surface area contributed by atoms with Crippen LogP contribution in [0.3, 0.4) is 0 Å². The predicted molar refractivity (Wildman–Crippen MR) is 70.7 cm³/mol. The highest BCUT2D eigenvalue weighted by atomic mass is 16.5. The van der Waals surface area contributed by atoms with Gasteiger partial charge in [0.25, 0.3) is 0 Å². The van der Waals surface area contributed by atoms with E-state index >= 15 is 0 Å². The smallest absolute Gasteiger partial charge is 0.134 e. The average Bonchev–Trinajstić information content (AvgIpc) is 2.29. The summed E-state index contributed by atoms with van der Waals surface area (Å²) in [7, 11) is 3.58. The van der Waals surface area contributed by atoms with Gasteiger partial charge in [-0.15, -0.1) is 0 Å². The Balaban J connectivity index is 2.98. The summed E-state index contributed by atoms with van der Waals surface area (Å²) in [5, 5.41) is 3.05. The van der Waals surface area contributed by atoms with Crippen LogP contribution in [0.2, 0.25) is 0 Å². The van der Waals surface area contributed by atoms with E-state index in [1.807, 2.05) is 20.0 Å². The third kappa shape index (κ3) is 3.56. The van der Waals surface area contributed by atoms with E-state index in [4.69, 9.17) is 4.74 Å². The number of nitrogens with one attached hydrogen (secondary N) is 1. The van der Waals surface area contributed by atoms with Crippen molar-refractivity contribution >= 4 is 11.6 Å². The molecule has 1 N–H and O–H groups in total. The lowest BCUT2D eigenvalue weighted by Gasteiger charge is -2.29. The van der Waals surface area contributed by atoms with Crippen molar-refractivity contribution < 1.29 is 4.74 Å². The molecule has 1 rings (SSSR count). The lowest BCUT2D eigenvalue weighted by molar-refractivity contribution is 0.181. The lowest BCUT2D eigenvalue weighted by atomic mass is 10.3. The molecular weight excluding hydrogens is 216 g/mol. The fraction of sp³-hybridized carbons (Fsp3) is 0.667. The van der Waals surface area contributed by atoms with Gasteiger partial charge in [0.05, 0.1) is 12.6 Å². The Bertz CT molecular complexity index is 356. The topological polar surface area (TPSA) is 50.3 Å². The zero-order valence-corrected chi connectivity index (χ0v) is 11.3. The molecule has 0 aliphatic rings. The molecule has 0 spiro atoms. The summed E-state index contributed by atoms with van der Waals surface area (Å²) in [6.45, 7) is 7.72. The summed E-state index contributed by atoms with van der Waals surface area (Å²) < 4.78 is 5.19. The zero-order chi connectivity index (χ0) is 12.8. The Morgan fingerprint density at radius 1 is 1.47 bits per heavy atom. The van der Waals surface area contributed by atoms with E-state index in [2.05, 4.69) is 34.0 Å². The first-order valence-corrected chi connectivity index (χ1v) is 5.91. The molecule has 1 unspecified atom stereocenters. The van der Waals surface area contributed by atoms with E-state index in [1.54, 1.807) is 7.11 Å². The van der Waals surface area contributed by atoms with Gasteiger partial charge >= 0.3 is 0 Å². The summed E-state index contributed by atoms with van der Waals surface area (Å²) >= 11 is 0. The fourth-order valence-electron chi connectivity index (χ4n) is 1.86. The Morgan fingerprint density at radius 2 is 2.18 bits per heavy atom. The van der Waals surface area contributed by atoms with E-state index in [1.165, 1.54) is 0 Å². The van der Waals surface area contributed by atoms with Crippen LogP contribution in [0.1, 0.15) is 19.7 Å². The summed E-state index contributed by atoms with van der Waals surface area (Å²) in [6, 6.07) is 2.26. The minimum Gasteiger partial charge on any atom is -0.383 e. The Morgan fingerprint density at radius 3 is 2.71 bits per heavy atom. The quantitative estimate of drug-likeness (QED) is 0.817. The second kappa shape index (κ2) is 6.39. The van der Waals surface area contributed by atoms with Crippen LogP contribution in [0, 0.1) is 6.92 Å². The predicted octanol–water partition coefficient (Wildman–Crippen LogP) is 1.69. The minimum atomic E-state index is 0.295. The molecule has 1 heterocycles. The number of ether oxygens (including phenoxy) is 1. The van der Waals surface area contributed by atoms with Gasteiger partial charge in [0.2, 0.25) is 0 Å². The summed E-state index contributed by atoms with van der Waals surface area (Å²) in [5.41, 5.74) is 0. The highest BCUT2D eigenvalue weighted by Crippen LogP contribution is 2.17. The van der Waals surface area contributed by atoms with Crippen molar-refractivity contribution in [3.63, 3.8) is 0 Å². The third-order valence-electron chi connectivity index (χ3n) is 2.66. The van der Waals surface area contributed by atoms with Gasteiger partial charge in [0, 0.05) is 26.8 Å². The molecule has 0 saturated carbocycles. The van der Waals surface area contributed by atoms with Crippen LogP contribution < -0.4 is 10.2 Å². The second-order valence-corrected chi connectivity index (χ2v) is 4.00. The van der Waals surface area contributed by atoms with Gasteiger partial charge in [0.15, 0.2) is 0 Å². The first-order chi connectivity index (χ1) is 8.12. The highest BCUT2D eigenvalue weighted by molar-refractivity contribution is 5.49. The van der Waals surface area contributed by atoms with Gasteiger partial charge in [-0.05, 0) is 20.8 Å². The van der Waals surface area contributed by atoms with Gasteiger partial charge in [0.1, 0.15) is 17.5 Å². The fourth-order valence-corrected chi connectivity index (χ4v) is 1.86. The van der Waals surface area contributed by atoms with Gasteiger partial charge < -0.3 is 15.0 Å². The molecule has 0 aliphatic heterocycles. The largest absolute Gasteiger partial charge is 0.383 e. The van der Waals surface area contributed by atoms with Crippen LogP contribution in [0.25, 0.3) is 0 Å². The molecular formula is C12H22N4O. The monoisotopic (exact) mass is 238 g/mol. The molecule has 5 heteroatoms. The molecule has 0 amide bonds. The first-order valence-electron chi connectivity index (χ1n) is 5.91. The molecule has 0 radical (unpaired) electrons. The summed E-state index contributed by atoms with van der Waals surface area (Å²) in [5.74, 6) is 2.55. The van der Waals surface area contributed by atoms with E-state index in [0.717, 1.165) is 24.0 Å². The number of anilines is 2. The molecule has 1 aromatic heterocycles. The maximum Gasteiger partial charge on any atom is 0.134 e. The number of methoxy groups -OCH3 is 1. The van der Waals surface area contributed by atoms with E-state index < -0.39 is 0 Å². The SMILES string of the molecule is CCN(c1cc(NC)nc(C)n1)C(C)COC. The van der Waals surface area contributed by atoms with Crippen LogP contribution in [-0.2, 0) is 4.74 Å². The van der Waals surface area contributed by atoms with Gasteiger partial charge in [-0.1, -0.05) is 0 Å². The van der Waals surface area contributed by atoms with E-state index in [-0.39, 0.29) is 0 Å². The van der Waals surface area contributed by atoms with Crippen molar-refractivity contribution in [3.8, 4) is 0 Å². The maximum absolute atomic E-state index is 5.19. The highest BCUT2D eigenvalue weighted by Gasteiger charge is 2.15. The minimum absolute atomic E-state index is 0.295. The zero-order valence-electron chi connectivity index (χ0n) is 11.3. The molecule has 0 aromatic carbocycles. The molecule has 0 saturated heterocycles. The van der Waals surface area contributed by atoms with Crippen molar-refractivity contribution in [2.45, 2.75) is 26.8 Å². The number of hydrogen-bond donors (Lipinski definition) is 1. The van der Waals surface area contributed by atoms with Gasteiger partial charge in [-0.3, -0.25) is 0 Å². The van der Waals surface area contributed by atoms with E-state index in [0.29, 0.717) is 12.6 Å². The number of aryl methyl sites for hydroxylation is 1.